The molecule has 0 amide bonds. The number of aliphatic carboxylic acids is 1. The predicted molar refractivity (Wildman–Crippen MR) is 69.9 cm³/mol. The summed E-state index contributed by atoms with van der Waals surface area (Å²) >= 11 is 0. The van der Waals surface area contributed by atoms with E-state index in [4.69, 9.17) is 4.74 Å². The number of carboxylic acid groups (broad SMARTS) is 1. The lowest BCUT2D eigenvalue weighted by atomic mass is 9.84. The lowest BCUT2D eigenvalue weighted by molar-refractivity contribution is -0.140. The molecule has 1 unspecified atom stereocenters. The van der Waals surface area contributed by atoms with Crippen LogP contribution in [0.25, 0.3) is 0 Å². The van der Waals surface area contributed by atoms with E-state index in [9.17, 15) is 18.3 Å². The second-order valence-corrected chi connectivity index (χ2v) is 6.25. The van der Waals surface area contributed by atoms with Crippen molar-refractivity contribution in [2.45, 2.75) is 38.1 Å². The lowest BCUT2D eigenvalue weighted by Gasteiger charge is -2.27. The van der Waals surface area contributed by atoms with Crippen molar-refractivity contribution in [3.63, 3.8) is 0 Å². The summed E-state index contributed by atoms with van der Waals surface area (Å²) in [5.74, 6) is -1.26. The Morgan fingerprint density at radius 1 is 1.37 bits per heavy atom. The Morgan fingerprint density at radius 2 is 2.00 bits per heavy atom. The molecular formula is C11H22N2O5S. The Bertz CT molecular complexity index is 379. The van der Waals surface area contributed by atoms with Crippen molar-refractivity contribution < 1.29 is 23.1 Å². The van der Waals surface area contributed by atoms with Crippen LogP contribution >= 0.6 is 0 Å². The highest BCUT2D eigenvalue weighted by Crippen LogP contribution is 2.26. The SMILES string of the molecule is COCCNS(=O)(=O)NC(C(=O)O)C1CCCCC1. The third-order valence-electron chi connectivity index (χ3n) is 3.27. The quantitative estimate of drug-likeness (QED) is 0.550. The van der Waals surface area contributed by atoms with E-state index < -0.39 is 22.2 Å². The number of carboxylic acids is 1. The Hall–Kier alpha value is -0.700. The summed E-state index contributed by atoms with van der Waals surface area (Å²) in [5, 5.41) is 9.18. The molecule has 112 valence electrons. The van der Waals surface area contributed by atoms with Crippen LogP contribution in [0.1, 0.15) is 32.1 Å². The smallest absolute Gasteiger partial charge is 0.322 e. The third kappa shape index (κ3) is 5.85. The highest BCUT2D eigenvalue weighted by molar-refractivity contribution is 7.87. The van der Waals surface area contributed by atoms with Crippen LogP contribution in [-0.2, 0) is 19.7 Å². The Balaban J connectivity index is 2.59. The van der Waals surface area contributed by atoms with E-state index in [-0.39, 0.29) is 19.1 Å². The van der Waals surface area contributed by atoms with Crippen LogP contribution in [0.15, 0.2) is 0 Å². The summed E-state index contributed by atoms with van der Waals surface area (Å²) in [5.41, 5.74) is 0. The van der Waals surface area contributed by atoms with Gasteiger partial charge in [0.05, 0.1) is 6.61 Å². The van der Waals surface area contributed by atoms with Crippen LogP contribution < -0.4 is 9.44 Å². The van der Waals surface area contributed by atoms with Crippen molar-refractivity contribution in [3.05, 3.63) is 0 Å². The highest BCUT2D eigenvalue weighted by atomic mass is 32.2. The molecule has 0 aromatic rings. The van der Waals surface area contributed by atoms with Gasteiger partial charge in [0.2, 0.25) is 0 Å². The van der Waals surface area contributed by atoms with Gasteiger partial charge in [-0.25, -0.2) is 0 Å². The fourth-order valence-electron chi connectivity index (χ4n) is 2.30. The summed E-state index contributed by atoms with van der Waals surface area (Å²) in [6.45, 7) is 0.352. The summed E-state index contributed by atoms with van der Waals surface area (Å²) in [6.07, 6.45) is 4.48. The van der Waals surface area contributed by atoms with Crippen molar-refractivity contribution in [2.75, 3.05) is 20.3 Å². The average Bonchev–Trinajstić information content (AvgIpc) is 2.37. The molecular weight excluding hydrogens is 272 g/mol. The minimum Gasteiger partial charge on any atom is -0.480 e. The fourth-order valence-corrected chi connectivity index (χ4v) is 3.37. The topological polar surface area (TPSA) is 105 Å². The van der Waals surface area contributed by atoms with Gasteiger partial charge in [0.15, 0.2) is 0 Å². The minimum atomic E-state index is -3.81. The zero-order chi connectivity index (χ0) is 14.3. The van der Waals surface area contributed by atoms with Gasteiger partial charge in [-0.05, 0) is 18.8 Å². The number of ether oxygens (including phenoxy) is 1. The van der Waals surface area contributed by atoms with E-state index in [1.807, 2.05) is 0 Å². The zero-order valence-corrected chi connectivity index (χ0v) is 11.9. The molecule has 19 heavy (non-hydrogen) atoms. The number of hydrogen-bond donors (Lipinski definition) is 3. The third-order valence-corrected chi connectivity index (χ3v) is 4.42. The molecule has 0 aromatic carbocycles. The van der Waals surface area contributed by atoms with Crippen LogP contribution in [-0.4, -0.2) is 45.8 Å². The normalized spacial score (nSPS) is 19.2. The molecule has 1 aliphatic carbocycles. The fraction of sp³-hybridized carbons (Fsp3) is 0.909. The summed E-state index contributed by atoms with van der Waals surface area (Å²) in [6, 6.07) is -1.06. The predicted octanol–water partition coefficient (Wildman–Crippen LogP) is 0.0903. The van der Waals surface area contributed by atoms with Crippen LogP contribution in [0.4, 0.5) is 0 Å². The first-order valence-corrected chi connectivity index (χ1v) is 7.93. The van der Waals surface area contributed by atoms with E-state index in [1.165, 1.54) is 7.11 Å². The summed E-state index contributed by atoms with van der Waals surface area (Å²) in [4.78, 5) is 11.2. The summed E-state index contributed by atoms with van der Waals surface area (Å²) < 4.78 is 32.7. The molecule has 1 aliphatic rings. The standard InChI is InChI=1S/C11H22N2O5S/c1-18-8-7-12-19(16,17)13-10(11(14)15)9-5-3-2-4-6-9/h9-10,12-13H,2-8H2,1H3,(H,14,15). The molecule has 0 bridgehead atoms. The van der Waals surface area contributed by atoms with Gasteiger partial charge in [0.1, 0.15) is 6.04 Å². The molecule has 7 nitrogen and oxygen atoms in total. The van der Waals surface area contributed by atoms with Crippen molar-refractivity contribution >= 4 is 16.2 Å². The molecule has 0 radical (unpaired) electrons. The Kier molecular flexibility index (Phi) is 6.70. The Labute approximate surface area is 113 Å². The number of rotatable bonds is 8. The molecule has 3 N–H and O–H groups in total. The maximum absolute atomic E-state index is 11.7. The molecule has 1 saturated carbocycles. The summed E-state index contributed by atoms with van der Waals surface area (Å²) in [7, 11) is -2.35. The van der Waals surface area contributed by atoms with Gasteiger partial charge >= 0.3 is 5.97 Å². The molecule has 1 rings (SSSR count). The van der Waals surface area contributed by atoms with Gasteiger partial charge in [-0.2, -0.15) is 17.9 Å². The second kappa shape index (κ2) is 7.78. The van der Waals surface area contributed by atoms with Crippen molar-refractivity contribution in [1.29, 1.82) is 0 Å². The number of carbonyl (C=O) groups is 1. The van der Waals surface area contributed by atoms with Gasteiger partial charge in [-0.1, -0.05) is 19.3 Å². The largest absolute Gasteiger partial charge is 0.480 e. The monoisotopic (exact) mass is 294 g/mol. The van der Waals surface area contributed by atoms with Crippen molar-refractivity contribution in [1.82, 2.24) is 9.44 Å². The number of hydrogen-bond acceptors (Lipinski definition) is 4. The van der Waals surface area contributed by atoms with E-state index in [1.54, 1.807) is 0 Å². The average molecular weight is 294 g/mol. The molecule has 0 spiro atoms. The Morgan fingerprint density at radius 3 is 2.53 bits per heavy atom. The molecule has 1 atom stereocenters. The van der Waals surface area contributed by atoms with Gasteiger partial charge in [0.25, 0.3) is 10.2 Å². The first-order chi connectivity index (χ1) is 8.96. The van der Waals surface area contributed by atoms with Crippen molar-refractivity contribution in [2.24, 2.45) is 5.92 Å². The van der Waals surface area contributed by atoms with Crippen LogP contribution in [0.3, 0.4) is 0 Å². The van der Waals surface area contributed by atoms with Crippen molar-refractivity contribution in [3.8, 4) is 0 Å². The molecule has 0 aliphatic heterocycles. The molecule has 0 aromatic heterocycles. The first-order valence-electron chi connectivity index (χ1n) is 6.45. The molecule has 8 heteroatoms. The number of nitrogens with one attached hydrogen (secondary N) is 2. The van der Waals surface area contributed by atoms with Gasteiger partial charge in [-0.3, -0.25) is 4.79 Å². The van der Waals surface area contributed by atoms with Gasteiger partial charge < -0.3 is 9.84 Å². The van der Waals surface area contributed by atoms with E-state index >= 15 is 0 Å². The maximum atomic E-state index is 11.7. The van der Waals surface area contributed by atoms with E-state index in [2.05, 4.69) is 9.44 Å². The van der Waals surface area contributed by atoms with E-state index in [0.29, 0.717) is 0 Å². The molecule has 0 saturated heterocycles. The first kappa shape index (κ1) is 16.4. The van der Waals surface area contributed by atoms with Gasteiger partial charge in [0, 0.05) is 13.7 Å². The van der Waals surface area contributed by atoms with Gasteiger partial charge in [-0.15, -0.1) is 0 Å². The van der Waals surface area contributed by atoms with Crippen LogP contribution in [0.5, 0.6) is 0 Å². The molecule has 1 fully saturated rings. The van der Waals surface area contributed by atoms with Crippen LogP contribution in [0.2, 0.25) is 0 Å². The molecule has 0 heterocycles. The maximum Gasteiger partial charge on any atom is 0.322 e. The zero-order valence-electron chi connectivity index (χ0n) is 11.1. The number of methoxy groups -OCH3 is 1. The van der Waals surface area contributed by atoms with E-state index in [0.717, 1.165) is 32.1 Å². The lowest BCUT2D eigenvalue weighted by Crippen LogP contribution is -2.50. The highest BCUT2D eigenvalue weighted by Gasteiger charge is 2.32. The van der Waals surface area contributed by atoms with Crippen LogP contribution in [0, 0.1) is 5.92 Å². The second-order valence-electron chi connectivity index (χ2n) is 4.72. The minimum absolute atomic E-state index is 0.114.